The van der Waals surface area contributed by atoms with Gasteiger partial charge >= 0.3 is 0 Å². The van der Waals surface area contributed by atoms with Crippen molar-refractivity contribution in [2.45, 2.75) is 39.8 Å². The zero-order valence-corrected chi connectivity index (χ0v) is 12.2. The Hall–Kier alpha value is -1.13. The predicted octanol–water partition coefficient (Wildman–Crippen LogP) is 2.72. The van der Waals surface area contributed by atoms with Gasteiger partial charge in [0.05, 0.1) is 5.60 Å². The van der Waals surface area contributed by atoms with Gasteiger partial charge < -0.3 is 15.2 Å². The van der Waals surface area contributed by atoms with E-state index in [9.17, 15) is 9.50 Å². The van der Waals surface area contributed by atoms with Crippen LogP contribution < -0.4 is 10.1 Å². The Balaban J connectivity index is 2.70. The summed E-state index contributed by atoms with van der Waals surface area (Å²) in [7, 11) is 0. The highest BCUT2D eigenvalue weighted by atomic mass is 19.1. The Kier molecular flexibility index (Phi) is 5.76. The van der Waals surface area contributed by atoms with Gasteiger partial charge in [-0.3, -0.25) is 0 Å². The largest absolute Gasteiger partial charge is 0.490 e. The molecule has 0 heterocycles. The van der Waals surface area contributed by atoms with Gasteiger partial charge in [0.1, 0.15) is 18.2 Å². The van der Waals surface area contributed by atoms with E-state index in [0.717, 1.165) is 12.1 Å². The molecule has 1 atom stereocenters. The number of hydrogen-bond donors (Lipinski definition) is 2. The van der Waals surface area contributed by atoms with E-state index in [4.69, 9.17) is 4.74 Å². The lowest BCUT2D eigenvalue weighted by molar-refractivity contribution is -0.0267. The number of ether oxygens (including phenoxy) is 1. The predicted molar refractivity (Wildman–Crippen MR) is 74.7 cm³/mol. The number of benzene rings is 1. The normalized spacial score (nSPS) is 14.5. The summed E-state index contributed by atoms with van der Waals surface area (Å²) >= 11 is 0. The Labute approximate surface area is 114 Å². The Morgan fingerprint density at radius 1 is 1.37 bits per heavy atom. The van der Waals surface area contributed by atoms with Gasteiger partial charge in [-0.25, -0.2) is 4.39 Å². The minimum Gasteiger partial charge on any atom is -0.490 e. The van der Waals surface area contributed by atoms with Crippen LogP contribution in [0.15, 0.2) is 18.2 Å². The SMILES string of the molecule is CCNCc1cc(F)cc(OCC(C)(O)C(C)C)c1. The Bertz CT molecular complexity index is 405. The fraction of sp³-hybridized carbons (Fsp3) is 0.600. The van der Waals surface area contributed by atoms with E-state index in [1.807, 2.05) is 20.8 Å². The maximum atomic E-state index is 13.5. The first-order chi connectivity index (χ1) is 8.85. The molecule has 0 aromatic heterocycles. The van der Waals surface area contributed by atoms with Gasteiger partial charge in [-0.05, 0) is 37.1 Å². The third-order valence-corrected chi connectivity index (χ3v) is 3.29. The molecule has 0 amide bonds. The molecular formula is C15H24FNO2. The van der Waals surface area contributed by atoms with Crippen LogP contribution in [0.25, 0.3) is 0 Å². The lowest BCUT2D eigenvalue weighted by Gasteiger charge is -2.27. The van der Waals surface area contributed by atoms with Gasteiger partial charge in [0.15, 0.2) is 0 Å². The zero-order valence-electron chi connectivity index (χ0n) is 12.2. The molecule has 3 nitrogen and oxygen atoms in total. The molecular weight excluding hydrogens is 245 g/mol. The first-order valence-electron chi connectivity index (χ1n) is 6.70. The topological polar surface area (TPSA) is 41.5 Å². The molecule has 0 saturated carbocycles. The van der Waals surface area contributed by atoms with E-state index < -0.39 is 5.60 Å². The van der Waals surface area contributed by atoms with E-state index in [2.05, 4.69) is 5.32 Å². The lowest BCUT2D eigenvalue weighted by Crippen LogP contribution is -2.37. The van der Waals surface area contributed by atoms with Crippen LogP contribution in [-0.2, 0) is 6.54 Å². The molecule has 0 aliphatic rings. The molecule has 2 N–H and O–H groups in total. The smallest absolute Gasteiger partial charge is 0.127 e. The minimum atomic E-state index is -0.922. The van der Waals surface area contributed by atoms with Crippen molar-refractivity contribution < 1.29 is 14.2 Å². The molecule has 4 heteroatoms. The molecule has 0 spiro atoms. The maximum Gasteiger partial charge on any atom is 0.127 e. The average molecular weight is 269 g/mol. The van der Waals surface area contributed by atoms with Gasteiger partial charge in [-0.15, -0.1) is 0 Å². The molecule has 0 saturated heterocycles. The molecule has 108 valence electrons. The van der Waals surface area contributed by atoms with Crippen molar-refractivity contribution >= 4 is 0 Å². The van der Waals surface area contributed by atoms with Crippen molar-refractivity contribution in [3.8, 4) is 5.75 Å². The fourth-order valence-corrected chi connectivity index (χ4v) is 1.47. The second-order valence-electron chi connectivity index (χ2n) is 5.38. The zero-order chi connectivity index (χ0) is 14.5. The molecule has 0 aliphatic heterocycles. The standard InChI is InChI=1S/C15H24FNO2/c1-5-17-9-12-6-13(16)8-14(7-12)19-10-15(4,18)11(2)3/h6-8,11,17-18H,5,9-10H2,1-4H3. The van der Waals surface area contributed by atoms with E-state index in [1.165, 1.54) is 12.1 Å². The van der Waals surface area contributed by atoms with Gasteiger partial charge in [-0.2, -0.15) is 0 Å². The number of nitrogens with one attached hydrogen (secondary N) is 1. The summed E-state index contributed by atoms with van der Waals surface area (Å²) in [5, 5.41) is 13.2. The van der Waals surface area contributed by atoms with Crippen LogP contribution >= 0.6 is 0 Å². The third-order valence-electron chi connectivity index (χ3n) is 3.29. The van der Waals surface area contributed by atoms with Crippen molar-refractivity contribution in [3.63, 3.8) is 0 Å². The summed E-state index contributed by atoms with van der Waals surface area (Å²) in [4.78, 5) is 0. The Morgan fingerprint density at radius 2 is 2.05 bits per heavy atom. The maximum absolute atomic E-state index is 13.5. The van der Waals surface area contributed by atoms with Crippen LogP contribution in [0.4, 0.5) is 4.39 Å². The summed E-state index contributed by atoms with van der Waals surface area (Å²) in [6, 6.07) is 4.62. The van der Waals surface area contributed by atoms with Gasteiger partial charge in [-0.1, -0.05) is 20.8 Å². The Morgan fingerprint density at radius 3 is 2.63 bits per heavy atom. The van der Waals surface area contributed by atoms with E-state index in [0.29, 0.717) is 12.3 Å². The van der Waals surface area contributed by atoms with Crippen molar-refractivity contribution in [3.05, 3.63) is 29.6 Å². The third kappa shape index (κ3) is 5.17. The summed E-state index contributed by atoms with van der Waals surface area (Å²) in [5.41, 5.74) is -0.0882. The lowest BCUT2D eigenvalue weighted by atomic mass is 9.94. The fourth-order valence-electron chi connectivity index (χ4n) is 1.47. The summed E-state index contributed by atoms with van der Waals surface area (Å²) in [6.45, 7) is 9.14. The first kappa shape index (κ1) is 15.9. The molecule has 1 rings (SSSR count). The van der Waals surface area contributed by atoms with Crippen molar-refractivity contribution in [1.82, 2.24) is 5.32 Å². The van der Waals surface area contributed by atoms with E-state index in [-0.39, 0.29) is 18.3 Å². The molecule has 1 aromatic carbocycles. The monoisotopic (exact) mass is 269 g/mol. The molecule has 1 aromatic rings. The highest BCUT2D eigenvalue weighted by Crippen LogP contribution is 2.21. The van der Waals surface area contributed by atoms with Crippen molar-refractivity contribution in [2.24, 2.45) is 5.92 Å². The quantitative estimate of drug-likeness (QED) is 0.799. The van der Waals surface area contributed by atoms with Crippen LogP contribution in [0.5, 0.6) is 5.75 Å². The van der Waals surface area contributed by atoms with Gasteiger partial charge in [0, 0.05) is 12.6 Å². The van der Waals surface area contributed by atoms with Gasteiger partial charge in [0.2, 0.25) is 0 Å². The minimum absolute atomic E-state index is 0.0716. The summed E-state index contributed by atoms with van der Waals surface area (Å²) in [6.07, 6.45) is 0. The van der Waals surface area contributed by atoms with Crippen LogP contribution in [0.3, 0.4) is 0 Å². The highest BCUT2D eigenvalue weighted by molar-refractivity contribution is 5.29. The first-order valence-corrected chi connectivity index (χ1v) is 6.70. The van der Waals surface area contributed by atoms with Crippen molar-refractivity contribution in [2.75, 3.05) is 13.2 Å². The van der Waals surface area contributed by atoms with Crippen LogP contribution in [0, 0.1) is 11.7 Å². The second kappa shape index (κ2) is 6.87. The van der Waals surface area contributed by atoms with Crippen molar-refractivity contribution in [1.29, 1.82) is 0 Å². The van der Waals surface area contributed by atoms with Crippen LogP contribution in [0.1, 0.15) is 33.3 Å². The van der Waals surface area contributed by atoms with Gasteiger partial charge in [0.25, 0.3) is 0 Å². The number of rotatable bonds is 7. The van der Waals surface area contributed by atoms with Crippen LogP contribution in [-0.4, -0.2) is 23.9 Å². The second-order valence-corrected chi connectivity index (χ2v) is 5.38. The summed E-state index contributed by atoms with van der Waals surface area (Å²) < 4.78 is 19.0. The number of hydrogen-bond acceptors (Lipinski definition) is 3. The molecule has 0 aliphatic carbocycles. The van der Waals surface area contributed by atoms with E-state index in [1.54, 1.807) is 13.0 Å². The van der Waals surface area contributed by atoms with E-state index >= 15 is 0 Å². The van der Waals surface area contributed by atoms with Crippen LogP contribution in [0.2, 0.25) is 0 Å². The average Bonchev–Trinajstić information content (AvgIpc) is 2.33. The molecule has 0 fully saturated rings. The molecule has 19 heavy (non-hydrogen) atoms. The molecule has 0 bridgehead atoms. The molecule has 1 unspecified atom stereocenters. The summed E-state index contributed by atoms with van der Waals surface area (Å²) in [5.74, 6) is 0.200. The molecule has 0 radical (unpaired) electrons. The number of aliphatic hydroxyl groups is 1. The highest BCUT2D eigenvalue weighted by Gasteiger charge is 2.25. The number of halogens is 1.